The minimum Gasteiger partial charge on any atom is -0.371 e. The summed E-state index contributed by atoms with van der Waals surface area (Å²) in [7, 11) is 0. The molecule has 0 unspecified atom stereocenters. The Morgan fingerprint density at radius 3 is 3.00 bits per heavy atom. The van der Waals surface area contributed by atoms with Crippen LogP contribution in [0.1, 0.15) is 18.1 Å². The van der Waals surface area contributed by atoms with Crippen LogP contribution in [-0.2, 0) is 16.0 Å². The van der Waals surface area contributed by atoms with Gasteiger partial charge in [0.15, 0.2) is 13.1 Å². The van der Waals surface area contributed by atoms with Crippen molar-refractivity contribution in [2.75, 3.05) is 13.1 Å². The van der Waals surface area contributed by atoms with Crippen LogP contribution in [0.15, 0.2) is 36.9 Å². The van der Waals surface area contributed by atoms with Crippen molar-refractivity contribution < 1.29 is 14.1 Å². The van der Waals surface area contributed by atoms with Gasteiger partial charge in [0.2, 0.25) is 0 Å². The number of carbonyl (C=O) groups excluding carboxylic acids is 1. The molecule has 0 spiro atoms. The number of ether oxygens (including phenoxy) is 1. The molecule has 0 N–H and O–H groups in total. The SMILES string of the molecule is C=CC[N+]1=C(OC(C)=O)c2ccccc2CC1. The molecular weight excluding hydrogens is 214 g/mol. The summed E-state index contributed by atoms with van der Waals surface area (Å²) in [5, 5.41) is 0. The Hall–Kier alpha value is -1.90. The van der Waals surface area contributed by atoms with Gasteiger partial charge in [0.1, 0.15) is 0 Å². The van der Waals surface area contributed by atoms with Crippen LogP contribution in [-0.4, -0.2) is 29.5 Å². The molecule has 3 heteroatoms. The summed E-state index contributed by atoms with van der Waals surface area (Å²) in [6.07, 6.45) is 2.78. The van der Waals surface area contributed by atoms with E-state index in [0.29, 0.717) is 12.4 Å². The zero-order chi connectivity index (χ0) is 12.3. The number of hydrogen-bond acceptors (Lipinski definition) is 2. The van der Waals surface area contributed by atoms with Gasteiger partial charge < -0.3 is 4.74 Å². The summed E-state index contributed by atoms with van der Waals surface area (Å²) < 4.78 is 7.38. The second kappa shape index (κ2) is 4.95. The first kappa shape index (κ1) is 11.6. The Balaban J connectivity index is 2.47. The summed E-state index contributed by atoms with van der Waals surface area (Å²) in [5.74, 6) is 0.366. The van der Waals surface area contributed by atoms with Gasteiger partial charge in [0.25, 0.3) is 0 Å². The number of nitrogens with zero attached hydrogens (tertiary/aromatic N) is 1. The lowest BCUT2D eigenvalue weighted by Gasteiger charge is -2.16. The molecule has 1 heterocycles. The van der Waals surface area contributed by atoms with Crippen molar-refractivity contribution in [3.05, 3.63) is 48.0 Å². The average Bonchev–Trinajstić information content (AvgIpc) is 2.32. The summed E-state index contributed by atoms with van der Waals surface area (Å²) in [6.45, 7) is 6.70. The van der Waals surface area contributed by atoms with Gasteiger partial charge >= 0.3 is 11.9 Å². The maximum absolute atomic E-state index is 11.2. The largest absolute Gasteiger partial charge is 0.378 e. The molecule has 0 atom stereocenters. The van der Waals surface area contributed by atoms with Crippen LogP contribution in [0.25, 0.3) is 0 Å². The number of carbonyl (C=O) groups is 1. The number of hydrogen-bond donors (Lipinski definition) is 0. The van der Waals surface area contributed by atoms with Crippen LogP contribution < -0.4 is 0 Å². The molecule has 0 aromatic heterocycles. The van der Waals surface area contributed by atoms with Crippen LogP contribution >= 0.6 is 0 Å². The van der Waals surface area contributed by atoms with E-state index in [4.69, 9.17) is 4.74 Å². The van der Waals surface area contributed by atoms with Crippen molar-refractivity contribution in [2.45, 2.75) is 13.3 Å². The van der Waals surface area contributed by atoms with E-state index in [9.17, 15) is 4.79 Å². The molecule has 2 rings (SSSR count). The van der Waals surface area contributed by atoms with Gasteiger partial charge in [-0.2, -0.15) is 4.58 Å². The molecule has 88 valence electrons. The fourth-order valence-electron chi connectivity index (χ4n) is 2.06. The molecule has 1 aliphatic heterocycles. The molecule has 0 bridgehead atoms. The average molecular weight is 230 g/mol. The molecule has 1 aromatic carbocycles. The van der Waals surface area contributed by atoms with Crippen molar-refractivity contribution in [3.8, 4) is 0 Å². The van der Waals surface area contributed by atoms with Crippen molar-refractivity contribution in [1.82, 2.24) is 0 Å². The fraction of sp³-hybridized carbons (Fsp3) is 0.286. The Labute approximate surface area is 101 Å². The lowest BCUT2D eigenvalue weighted by Crippen LogP contribution is -2.33. The molecule has 0 saturated carbocycles. The lowest BCUT2D eigenvalue weighted by atomic mass is 10.0. The van der Waals surface area contributed by atoms with Crippen molar-refractivity contribution >= 4 is 11.9 Å². The van der Waals surface area contributed by atoms with E-state index in [1.807, 2.05) is 28.9 Å². The van der Waals surface area contributed by atoms with E-state index in [1.165, 1.54) is 12.5 Å². The predicted octanol–water partition coefficient (Wildman–Crippen LogP) is 1.75. The van der Waals surface area contributed by atoms with E-state index in [0.717, 1.165) is 18.5 Å². The van der Waals surface area contributed by atoms with Crippen molar-refractivity contribution in [2.24, 2.45) is 0 Å². The Morgan fingerprint density at radius 1 is 1.53 bits per heavy atom. The molecule has 0 fully saturated rings. The third kappa shape index (κ3) is 2.44. The van der Waals surface area contributed by atoms with Crippen LogP contribution in [0, 0.1) is 0 Å². The normalized spacial score (nSPS) is 14.2. The summed E-state index contributed by atoms with van der Waals surface area (Å²) in [4.78, 5) is 11.2. The highest BCUT2D eigenvalue weighted by atomic mass is 16.5. The Kier molecular flexibility index (Phi) is 3.38. The smallest absolute Gasteiger partial charge is 0.371 e. The topological polar surface area (TPSA) is 29.3 Å². The van der Waals surface area contributed by atoms with Crippen molar-refractivity contribution in [1.29, 1.82) is 0 Å². The quantitative estimate of drug-likeness (QED) is 0.440. The van der Waals surface area contributed by atoms with Crippen LogP contribution in [0.5, 0.6) is 0 Å². The Morgan fingerprint density at radius 2 is 2.29 bits per heavy atom. The molecule has 17 heavy (non-hydrogen) atoms. The third-order valence-corrected chi connectivity index (χ3v) is 2.78. The van der Waals surface area contributed by atoms with E-state index in [-0.39, 0.29) is 5.97 Å². The van der Waals surface area contributed by atoms with Gasteiger partial charge in [-0.3, -0.25) is 4.79 Å². The summed E-state index contributed by atoms with van der Waals surface area (Å²) >= 11 is 0. The maximum atomic E-state index is 11.2. The van der Waals surface area contributed by atoms with Gasteiger partial charge in [0.05, 0.1) is 5.56 Å². The van der Waals surface area contributed by atoms with Crippen molar-refractivity contribution in [3.63, 3.8) is 0 Å². The van der Waals surface area contributed by atoms with Gasteiger partial charge in [-0.25, -0.2) is 0 Å². The summed E-state index contributed by atoms with van der Waals surface area (Å²) in [5.41, 5.74) is 2.24. The third-order valence-electron chi connectivity index (χ3n) is 2.78. The minimum absolute atomic E-state index is 0.286. The number of rotatable bonds is 2. The highest BCUT2D eigenvalue weighted by Crippen LogP contribution is 2.16. The molecule has 0 amide bonds. The van der Waals surface area contributed by atoms with Crippen LogP contribution in [0.3, 0.4) is 0 Å². The minimum atomic E-state index is -0.286. The fourth-order valence-corrected chi connectivity index (χ4v) is 2.06. The highest BCUT2D eigenvalue weighted by molar-refractivity contribution is 5.98. The molecular formula is C14H16NO2+. The van der Waals surface area contributed by atoms with Gasteiger partial charge in [-0.1, -0.05) is 24.8 Å². The summed E-state index contributed by atoms with van der Waals surface area (Å²) in [6, 6.07) is 8.03. The Bertz CT molecular complexity index is 489. The number of esters is 1. The molecule has 0 radical (unpaired) electrons. The zero-order valence-corrected chi connectivity index (χ0v) is 9.98. The highest BCUT2D eigenvalue weighted by Gasteiger charge is 2.27. The van der Waals surface area contributed by atoms with E-state index in [2.05, 4.69) is 12.6 Å². The molecule has 1 aromatic rings. The number of benzene rings is 1. The van der Waals surface area contributed by atoms with E-state index in [1.54, 1.807) is 0 Å². The zero-order valence-electron chi connectivity index (χ0n) is 9.98. The van der Waals surface area contributed by atoms with Gasteiger partial charge in [0, 0.05) is 13.3 Å². The van der Waals surface area contributed by atoms with Crippen LogP contribution in [0.2, 0.25) is 0 Å². The maximum Gasteiger partial charge on any atom is 0.378 e. The standard InChI is InChI=1S/C14H16NO2/c1-3-9-15-10-8-12-6-4-5-7-13(12)14(15)17-11(2)16/h3-7H,1,8-10H2,2H3/q+1. The van der Waals surface area contributed by atoms with Gasteiger partial charge in [-0.05, 0) is 17.7 Å². The molecule has 3 nitrogen and oxygen atoms in total. The van der Waals surface area contributed by atoms with E-state index >= 15 is 0 Å². The second-order valence-corrected chi connectivity index (χ2v) is 4.04. The van der Waals surface area contributed by atoms with Crippen LogP contribution in [0.4, 0.5) is 0 Å². The first-order valence-electron chi connectivity index (χ1n) is 5.72. The molecule has 1 aliphatic rings. The first-order chi connectivity index (χ1) is 8.22. The van der Waals surface area contributed by atoms with Gasteiger partial charge in [-0.15, -0.1) is 0 Å². The number of fused-ring (bicyclic) bond motifs is 1. The molecule has 0 aliphatic carbocycles. The second-order valence-electron chi connectivity index (χ2n) is 4.04. The molecule has 0 saturated heterocycles. The van der Waals surface area contributed by atoms with E-state index < -0.39 is 0 Å². The first-order valence-corrected chi connectivity index (χ1v) is 5.72. The lowest BCUT2D eigenvalue weighted by molar-refractivity contribution is -0.525. The predicted molar refractivity (Wildman–Crippen MR) is 66.2 cm³/mol. The monoisotopic (exact) mass is 230 g/mol.